The highest BCUT2D eigenvalue weighted by atomic mass is 16.8. The van der Waals surface area contributed by atoms with Gasteiger partial charge < -0.3 is 33.9 Å². The van der Waals surface area contributed by atoms with Crippen LogP contribution in [0.15, 0.2) is 41.5 Å². The minimum absolute atomic E-state index is 0.0442. The van der Waals surface area contributed by atoms with Crippen LogP contribution in [0.25, 0.3) is 0 Å². The van der Waals surface area contributed by atoms with Crippen LogP contribution in [0.5, 0.6) is 0 Å². The number of aliphatic hydroxyl groups is 2. The first-order chi connectivity index (χ1) is 19.5. The molecule has 9 atom stereocenters. The van der Waals surface area contributed by atoms with Crippen molar-refractivity contribution < 1.29 is 48.3 Å². The van der Waals surface area contributed by atoms with Crippen LogP contribution in [0.4, 0.5) is 0 Å². The summed E-state index contributed by atoms with van der Waals surface area (Å²) in [6.45, 7) is 11.9. The van der Waals surface area contributed by atoms with Gasteiger partial charge in [-0.2, -0.15) is 0 Å². The fourth-order valence-corrected chi connectivity index (χ4v) is 8.59. The first kappa shape index (κ1) is 29.4. The molecule has 2 saturated carbocycles. The molecule has 10 heteroatoms. The van der Waals surface area contributed by atoms with Gasteiger partial charge in [0.2, 0.25) is 0 Å². The van der Waals surface area contributed by atoms with Gasteiger partial charge in [0.15, 0.2) is 17.2 Å². The van der Waals surface area contributed by atoms with Crippen molar-refractivity contribution in [1.29, 1.82) is 0 Å². The van der Waals surface area contributed by atoms with Crippen LogP contribution >= 0.6 is 0 Å². The normalized spacial score (nSPS) is 43.1. The van der Waals surface area contributed by atoms with Gasteiger partial charge in [-0.15, -0.1) is 0 Å². The number of aliphatic hydroxyl groups excluding tert-OH is 1. The van der Waals surface area contributed by atoms with Crippen LogP contribution in [0.2, 0.25) is 0 Å². The molecular formula is C32H40O10. The minimum Gasteiger partial charge on any atom is -0.455 e. The van der Waals surface area contributed by atoms with E-state index in [0.717, 1.165) is 0 Å². The van der Waals surface area contributed by atoms with Crippen molar-refractivity contribution in [1.82, 2.24) is 0 Å². The number of ether oxygens (including phenoxy) is 5. The number of carbonyl (C=O) groups is 3. The average Bonchev–Trinajstić information content (AvgIpc) is 3.22. The summed E-state index contributed by atoms with van der Waals surface area (Å²) >= 11 is 0. The summed E-state index contributed by atoms with van der Waals surface area (Å²) in [4.78, 5) is 40.2. The lowest BCUT2D eigenvalue weighted by Crippen LogP contribution is -2.82. The summed E-state index contributed by atoms with van der Waals surface area (Å²) in [6, 6.07) is 8.36. The van der Waals surface area contributed by atoms with Crippen molar-refractivity contribution >= 4 is 17.7 Å². The molecule has 2 heterocycles. The molecule has 2 saturated heterocycles. The van der Waals surface area contributed by atoms with Crippen molar-refractivity contribution in [3.05, 3.63) is 47.0 Å². The van der Waals surface area contributed by atoms with Crippen molar-refractivity contribution in [3.8, 4) is 0 Å². The van der Waals surface area contributed by atoms with Gasteiger partial charge in [-0.25, -0.2) is 4.79 Å². The Morgan fingerprint density at radius 3 is 2.31 bits per heavy atom. The van der Waals surface area contributed by atoms with Gasteiger partial charge in [0.25, 0.3) is 0 Å². The Morgan fingerprint density at radius 2 is 1.71 bits per heavy atom. The van der Waals surface area contributed by atoms with Crippen molar-refractivity contribution in [2.75, 3.05) is 6.61 Å². The first-order valence-corrected chi connectivity index (χ1v) is 14.6. The molecule has 1 aromatic rings. The zero-order chi connectivity index (χ0) is 30.6. The van der Waals surface area contributed by atoms with E-state index in [1.807, 2.05) is 20.8 Å². The maximum Gasteiger partial charge on any atom is 0.338 e. The second-order valence-electron chi connectivity index (χ2n) is 13.8. The number of hydrogen-bond donors (Lipinski definition) is 2. The van der Waals surface area contributed by atoms with E-state index >= 15 is 0 Å². The van der Waals surface area contributed by atoms with E-state index in [1.54, 1.807) is 51.1 Å². The Kier molecular flexibility index (Phi) is 6.44. The molecule has 2 N–H and O–H groups in total. The van der Waals surface area contributed by atoms with E-state index in [1.165, 1.54) is 6.92 Å². The second-order valence-corrected chi connectivity index (χ2v) is 13.8. The molecule has 228 valence electrons. The molecular weight excluding hydrogens is 544 g/mol. The lowest BCUT2D eigenvalue weighted by molar-refractivity contribution is -0.361. The van der Waals surface area contributed by atoms with E-state index in [9.17, 15) is 24.6 Å². The van der Waals surface area contributed by atoms with Gasteiger partial charge in [0, 0.05) is 30.6 Å². The topological polar surface area (TPSA) is 138 Å². The predicted molar refractivity (Wildman–Crippen MR) is 147 cm³/mol. The summed E-state index contributed by atoms with van der Waals surface area (Å²) in [6.07, 6.45) is -5.18. The zero-order valence-electron chi connectivity index (χ0n) is 25.1. The predicted octanol–water partition coefficient (Wildman–Crippen LogP) is 2.88. The number of benzene rings is 1. The Morgan fingerprint density at radius 1 is 1.05 bits per heavy atom. The fourth-order valence-electron chi connectivity index (χ4n) is 8.59. The molecule has 5 aliphatic rings. The lowest BCUT2D eigenvalue weighted by Gasteiger charge is -2.68. The highest BCUT2D eigenvalue weighted by molar-refractivity contribution is 5.98. The first-order valence-electron chi connectivity index (χ1n) is 14.6. The smallest absolute Gasteiger partial charge is 0.338 e. The van der Waals surface area contributed by atoms with E-state index in [0.29, 0.717) is 11.1 Å². The molecule has 0 unspecified atom stereocenters. The van der Waals surface area contributed by atoms with Crippen molar-refractivity contribution in [3.63, 3.8) is 0 Å². The number of Topliss-reactive ketones (excluding diaryl/α,β-unsaturated/α-hetero) is 1. The minimum atomic E-state index is -1.99. The number of rotatable bonds is 3. The number of esters is 2. The van der Waals surface area contributed by atoms with Crippen LogP contribution in [-0.4, -0.2) is 82.1 Å². The molecule has 0 aromatic heterocycles. The van der Waals surface area contributed by atoms with E-state index in [-0.39, 0.29) is 30.8 Å². The number of hydrogen-bond acceptors (Lipinski definition) is 10. The van der Waals surface area contributed by atoms with Gasteiger partial charge in [-0.05, 0) is 44.1 Å². The summed E-state index contributed by atoms with van der Waals surface area (Å²) in [5.41, 5.74) is -4.62. The van der Waals surface area contributed by atoms with E-state index in [2.05, 4.69) is 0 Å². The molecule has 10 nitrogen and oxygen atoms in total. The highest BCUT2D eigenvalue weighted by Gasteiger charge is 2.79. The number of fused-ring (bicyclic) bond motifs is 8. The largest absolute Gasteiger partial charge is 0.455 e. The van der Waals surface area contributed by atoms with Crippen LogP contribution < -0.4 is 0 Å². The molecule has 0 spiro atoms. The Hall–Kier alpha value is -2.63. The van der Waals surface area contributed by atoms with Gasteiger partial charge in [0.05, 0.1) is 30.3 Å². The quantitative estimate of drug-likeness (QED) is 0.510. The van der Waals surface area contributed by atoms with Gasteiger partial charge in [-0.1, -0.05) is 39.0 Å². The van der Waals surface area contributed by atoms with Crippen molar-refractivity contribution in [2.45, 2.75) is 109 Å². The van der Waals surface area contributed by atoms with E-state index < -0.39 is 76.2 Å². The third-order valence-corrected chi connectivity index (χ3v) is 10.8. The van der Waals surface area contributed by atoms with Gasteiger partial charge in [0.1, 0.15) is 23.9 Å². The molecule has 1 aromatic carbocycles. The third kappa shape index (κ3) is 3.78. The summed E-state index contributed by atoms with van der Waals surface area (Å²) < 4.78 is 31.4. The molecule has 2 aliphatic heterocycles. The maximum absolute atomic E-state index is 13.8. The molecule has 2 bridgehead atoms. The molecule has 4 fully saturated rings. The molecule has 6 rings (SSSR count). The average molecular weight is 585 g/mol. The number of ketones is 1. The summed E-state index contributed by atoms with van der Waals surface area (Å²) in [5, 5.41) is 24.9. The number of allylic oxidation sites excluding steroid dienone is 1. The third-order valence-electron chi connectivity index (χ3n) is 10.8. The molecule has 42 heavy (non-hydrogen) atoms. The summed E-state index contributed by atoms with van der Waals surface area (Å²) in [7, 11) is 0. The van der Waals surface area contributed by atoms with Crippen molar-refractivity contribution in [2.24, 2.45) is 16.7 Å². The van der Waals surface area contributed by atoms with Crippen LogP contribution in [0.3, 0.4) is 0 Å². The van der Waals surface area contributed by atoms with Gasteiger partial charge >= 0.3 is 11.9 Å². The fraction of sp³-hybridized carbons (Fsp3) is 0.656. The lowest BCUT2D eigenvalue weighted by atomic mass is 9.44. The Bertz CT molecular complexity index is 1370. The molecule has 3 aliphatic carbocycles. The monoisotopic (exact) mass is 584 g/mol. The Balaban J connectivity index is 1.66. The second kappa shape index (κ2) is 9.19. The summed E-state index contributed by atoms with van der Waals surface area (Å²) in [5.74, 6) is -3.79. The maximum atomic E-state index is 13.8. The standard InChI is InChI=1S/C32H40O10/c1-16-19(34)14-32(37)26(39-27(36)18-11-9-8-10-12-18)24-30(7,20(35)13-21-31(24,15-38-21)40-17(2)33)25-23(22(16)28(32,3)4)41-29(5,6)42-25/h8-12,20-21,23-26,35,37H,13-15H2,1-7H3/t20-,21+,23+,24-,25+,26-,30+,31-,32+/m0/s1. The van der Waals surface area contributed by atoms with Crippen LogP contribution in [-0.2, 0) is 33.3 Å². The Labute approximate surface area is 245 Å². The highest BCUT2D eigenvalue weighted by Crippen LogP contribution is 2.66. The number of carbonyl (C=O) groups excluding carboxylic acids is 3. The van der Waals surface area contributed by atoms with Crippen LogP contribution in [0.1, 0.15) is 71.7 Å². The van der Waals surface area contributed by atoms with Gasteiger partial charge in [-0.3, -0.25) is 9.59 Å². The SMILES string of the molecule is CC(=O)O[C@@]12CO[C@@H]1C[C@H](O)[C@@]1(C)[C@@H]3OC(C)(C)O[C@@H]3C3=C(C)C(=O)C[C@@](O)([C@@H](OC(=O)c4ccccc4)[C@H]21)C3(C)C. The molecule has 0 amide bonds. The van der Waals surface area contributed by atoms with Crippen LogP contribution in [0, 0.1) is 16.7 Å². The van der Waals surface area contributed by atoms with E-state index in [4.69, 9.17) is 23.7 Å². The zero-order valence-corrected chi connectivity index (χ0v) is 25.1. The molecule has 0 radical (unpaired) electrons.